The Balaban J connectivity index is 1.76. The summed E-state index contributed by atoms with van der Waals surface area (Å²) in [6, 6.07) is 13.3. The molecule has 0 bridgehead atoms. The van der Waals surface area contributed by atoms with Gasteiger partial charge < -0.3 is 10.4 Å². The predicted molar refractivity (Wildman–Crippen MR) is 97.5 cm³/mol. The first-order valence-electron chi connectivity index (χ1n) is 8.78. The van der Waals surface area contributed by atoms with E-state index >= 15 is 0 Å². The zero-order chi connectivity index (χ0) is 18.7. The number of anilines is 1. The molecular formula is C21H22FNO3. The minimum absolute atomic E-state index is 0.0897. The number of benzene rings is 2. The standard InChI is InChI=1S/C21H22FNO3/c1-14(19(24)25)16-6-3-8-18(12-16)23-20(26)21(9-4-10-21)13-15-5-2-7-17(22)11-15/h2-3,5-8,11-12,14H,4,9-10,13H2,1H3,(H,23,26)(H,24,25). The molecule has 136 valence electrons. The van der Waals surface area contributed by atoms with Crippen molar-refractivity contribution in [3.05, 3.63) is 65.5 Å². The van der Waals surface area contributed by atoms with Crippen LogP contribution >= 0.6 is 0 Å². The second kappa shape index (κ2) is 7.28. The molecule has 4 nitrogen and oxygen atoms in total. The van der Waals surface area contributed by atoms with Crippen molar-refractivity contribution in [1.29, 1.82) is 0 Å². The van der Waals surface area contributed by atoms with E-state index in [0.29, 0.717) is 17.7 Å². The van der Waals surface area contributed by atoms with Crippen LogP contribution in [0.4, 0.5) is 10.1 Å². The van der Waals surface area contributed by atoms with Crippen LogP contribution in [0.3, 0.4) is 0 Å². The van der Waals surface area contributed by atoms with Gasteiger partial charge in [0.1, 0.15) is 5.82 Å². The fourth-order valence-corrected chi connectivity index (χ4v) is 3.42. The lowest BCUT2D eigenvalue weighted by atomic mass is 9.64. The average molecular weight is 355 g/mol. The van der Waals surface area contributed by atoms with Gasteiger partial charge in [0, 0.05) is 5.69 Å². The van der Waals surface area contributed by atoms with Crippen molar-refractivity contribution in [3.8, 4) is 0 Å². The van der Waals surface area contributed by atoms with Crippen molar-refractivity contribution in [2.24, 2.45) is 5.41 Å². The average Bonchev–Trinajstić information content (AvgIpc) is 2.57. The number of hydrogen-bond donors (Lipinski definition) is 2. The normalized spacial score (nSPS) is 16.4. The lowest BCUT2D eigenvalue weighted by molar-refractivity contribution is -0.138. The molecule has 5 heteroatoms. The number of halogens is 1. The zero-order valence-electron chi connectivity index (χ0n) is 14.7. The molecule has 0 aromatic heterocycles. The third-order valence-corrected chi connectivity index (χ3v) is 5.24. The Labute approximate surface area is 152 Å². The van der Waals surface area contributed by atoms with Crippen LogP contribution in [-0.4, -0.2) is 17.0 Å². The third kappa shape index (κ3) is 3.77. The van der Waals surface area contributed by atoms with E-state index in [2.05, 4.69) is 5.32 Å². The Kier molecular flexibility index (Phi) is 5.07. The van der Waals surface area contributed by atoms with E-state index in [1.807, 2.05) is 6.07 Å². The molecule has 2 N–H and O–H groups in total. The zero-order valence-corrected chi connectivity index (χ0v) is 14.7. The van der Waals surface area contributed by atoms with E-state index < -0.39 is 17.3 Å². The van der Waals surface area contributed by atoms with Gasteiger partial charge in [0.25, 0.3) is 0 Å². The van der Waals surface area contributed by atoms with Gasteiger partial charge in [-0.15, -0.1) is 0 Å². The molecular weight excluding hydrogens is 333 g/mol. The first-order chi connectivity index (χ1) is 12.4. The van der Waals surface area contributed by atoms with E-state index in [4.69, 9.17) is 5.11 Å². The van der Waals surface area contributed by atoms with Crippen LogP contribution in [0, 0.1) is 11.2 Å². The minimum Gasteiger partial charge on any atom is -0.481 e. The molecule has 0 saturated heterocycles. The molecule has 1 amide bonds. The van der Waals surface area contributed by atoms with Crippen molar-refractivity contribution < 1.29 is 19.1 Å². The molecule has 2 aromatic rings. The molecule has 1 unspecified atom stereocenters. The molecule has 0 heterocycles. The van der Waals surface area contributed by atoms with Crippen molar-refractivity contribution in [2.75, 3.05) is 5.32 Å². The highest BCUT2D eigenvalue weighted by molar-refractivity contribution is 5.96. The van der Waals surface area contributed by atoms with Crippen LogP contribution in [0.2, 0.25) is 0 Å². The number of carboxylic acids is 1. The number of hydrogen-bond acceptors (Lipinski definition) is 2. The molecule has 0 spiro atoms. The van der Waals surface area contributed by atoms with Crippen molar-refractivity contribution in [3.63, 3.8) is 0 Å². The summed E-state index contributed by atoms with van der Waals surface area (Å²) >= 11 is 0. The fourth-order valence-electron chi connectivity index (χ4n) is 3.42. The molecule has 3 rings (SSSR count). The molecule has 1 fully saturated rings. The summed E-state index contributed by atoms with van der Waals surface area (Å²) < 4.78 is 13.4. The number of aliphatic carboxylic acids is 1. The van der Waals surface area contributed by atoms with E-state index in [9.17, 15) is 14.0 Å². The van der Waals surface area contributed by atoms with Gasteiger partial charge in [0.05, 0.1) is 11.3 Å². The highest BCUT2D eigenvalue weighted by Crippen LogP contribution is 2.44. The first-order valence-corrected chi connectivity index (χ1v) is 8.78. The van der Waals surface area contributed by atoms with Crippen molar-refractivity contribution in [2.45, 2.75) is 38.5 Å². The van der Waals surface area contributed by atoms with E-state index in [-0.39, 0.29) is 11.7 Å². The van der Waals surface area contributed by atoms with Crippen LogP contribution in [0.1, 0.15) is 43.2 Å². The number of carboxylic acid groups (broad SMARTS) is 1. The number of rotatable bonds is 6. The van der Waals surface area contributed by atoms with E-state index in [1.165, 1.54) is 12.1 Å². The third-order valence-electron chi connectivity index (χ3n) is 5.24. The topological polar surface area (TPSA) is 66.4 Å². The molecule has 0 radical (unpaired) electrons. The number of amides is 1. The second-order valence-electron chi connectivity index (χ2n) is 7.08. The van der Waals surface area contributed by atoms with Gasteiger partial charge in [-0.2, -0.15) is 0 Å². The van der Waals surface area contributed by atoms with Crippen LogP contribution in [0.15, 0.2) is 48.5 Å². The summed E-state index contributed by atoms with van der Waals surface area (Å²) in [5.41, 5.74) is 1.52. The minimum atomic E-state index is -0.907. The van der Waals surface area contributed by atoms with Crippen molar-refractivity contribution >= 4 is 17.6 Å². The highest BCUT2D eigenvalue weighted by atomic mass is 19.1. The molecule has 1 saturated carbocycles. The summed E-state index contributed by atoms with van der Waals surface area (Å²) in [4.78, 5) is 24.1. The molecule has 1 atom stereocenters. The Morgan fingerprint density at radius 2 is 1.92 bits per heavy atom. The maximum Gasteiger partial charge on any atom is 0.310 e. The highest BCUT2D eigenvalue weighted by Gasteiger charge is 2.44. The summed E-state index contributed by atoms with van der Waals surface area (Å²) in [6.45, 7) is 1.61. The van der Waals surface area contributed by atoms with Gasteiger partial charge in [-0.05, 0) is 61.6 Å². The molecule has 1 aliphatic carbocycles. The Hall–Kier alpha value is -2.69. The second-order valence-corrected chi connectivity index (χ2v) is 7.08. The fraction of sp³-hybridized carbons (Fsp3) is 0.333. The largest absolute Gasteiger partial charge is 0.481 e. The Bertz CT molecular complexity index is 830. The predicted octanol–water partition coefficient (Wildman–Crippen LogP) is 4.37. The maximum absolute atomic E-state index is 13.4. The van der Waals surface area contributed by atoms with Crippen LogP contribution in [0.5, 0.6) is 0 Å². The lowest BCUT2D eigenvalue weighted by Gasteiger charge is -2.40. The summed E-state index contributed by atoms with van der Waals surface area (Å²) in [5, 5.41) is 12.1. The van der Waals surface area contributed by atoms with Gasteiger partial charge >= 0.3 is 5.97 Å². The SMILES string of the molecule is CC(C(=O)O)c1cccc(NC(=O)C2(Cc3cccc(F)c3)CCC2)c1. The van der Waals surface area contributed by atoms with Gasteiger partial charge in [-0.1, -0.05) is 30.7 Å². The molecule has 1 aliphatic rings. The van der Waals surface area contributed by atoms with E-state index in [1.54, 1.807) is 37.3 Å². The van der Waals surface area contributed by atoms with Crippen LogP contribution < -0.4 is 5.32 Å². The molecule has 2 aromatic carbocycles. The van der Waals surface area contributed by atoms with E-state index in [0.717, 1.165) is 24.8 Å². The van der Waals surface area contributed by atoms with Gasteiger partial charge in [0.15, 0.2) is 0 Å². The number of carbonyl (C=O) groups is 2. The smallest absolute Gasteiger partial charge is 0.310 e. The number of nitrogens with one attached hydrogen (secondary N) is 1. The molecule has 26 heavy (non-hydrogen) atoms. The van der Waals surface area contributed by atoms with Gasteiger partial charge in [-0.25, -0.2) is 4.39 Å². The Morgan fingerprint density at radius 1 is 1.19 bits per heavy atom. The van der Waals surface area contributed by atoms with Crippen molar-refractivity contribution in [1.82, 2.24) is 0 Å². The van der Waals surface area contributed by atoms with Crippen LogP contribution in [0.25, 0.3) is 0 Å². The quantitative estimate of drug-likeness (QED) is 0.809. The lowest BCUT2D eigenvalue weighted by Crippen LogP contribution is -2.43. The maximum atomic E-state index is 13.4. The first kappa shape index (κ1) is 18.1. The summed E-state index contributed by atoms with van der Waals surface area (Å²) in [6.07, 6.45) is 3.00. The van der Waals surface area contributed by atoms with Gasteiger partial charge in [0.2, 0.25) is 5.91 Å². The van der Waals surface area contributed by atoms with Crippen LogP contribution in [-0.2, 0) is 16.0 Å². The monoisotopic (exact) mass is 355 g/mol. The Morgan fingerprint density at radius 3 is 2.54 bits per heavy atom. The summed E-state index contributed by atoms with van der Waals surface area (Å²) in [5.74, 6) is -1.94. The summed E-state index contributed by atoms with van der Waals surface area (Å²) in [7, 11) is 0. The number of carbonyl (C=O) groups excluding carboxylic acids is 1. The molecule has 0 aliphatic heterocycles. The van der Waals surface area contributed by atoms with Gasteiger partial charge in [-0.3, -0.25) is 9.59 Å².